The molecule has 0 spiro atoms. The van der Waals surface area contributed by atoms with E-state index in [1.165, 1.54) is 56.8 Å². The summed E-state index contributed by atoms with van der Waals surface area (Å²) in [4.78, 5) is 0. The Morgan fingerprint density at radius 2 is 1.55 bits per heavy atom. The van der Waals surface area contributed by atoms with E-state index >= 15 is 0 Å². The number of fused-ring (bicyclic) bond motifs is 2. The van der Waals surface area contributed by atoms with Crippen LogP contribution in [0, 0.1) is 0 Å². The third kappa shape index (κ3) is 5.21. The second kappa shape index (κ2) is 10.3. The number of piperidine rings is 1. The fraction of sp³-hybridized carbons (Fsp3) is 0.314. The molecule has 0 aliphatic carbocycles. The quantitative estimate of drug-likeness (QED) is 0.253. The molecule has 1 aliphatic rings. The van der Waals surface area contributed by atoms with E-state index in [0.717, 1.165) is 25.4 Å². The van der Waals surface area contributed by atoms with Crippen LogP contribution in [-0.2, 0) is 18.6 Å². The van der Waals surface area contributed by atoms with E-state index in [0.29, 0.717) is 12.5 Å². The van der Waals surface area contributed by atoms with Crippen LogP contribution < -0.4 is 10.1 Å². The summed E-state index contributed by atoms with van der Waals surface area (Å²) in [5.74, 6) is 1.53. The molecule has 1 saturated heterocycles. The zero-order valence-electron chi connectivity index (χ0n) is 22.8. The predicted molar refractivity (Wildman–Crippen MR) is 159 cm³/mol. The SMILES string of the molecule is CC(C)(C)c1ccc(Cn2cc(C3CCNCC3)c3ccc(OCc4ccc5ccccc5c4)cc32)cc1. The van der Waals surface area contributed by atoms with Crippen LogP contribution in [0.2, 0.25) is 0 Å². The third-order valence-corrected chi connectivity index (χ3v) is 8.06. The van der Waals surface area contributed by atoms with Gasteiger partial charge in [-0.2, -0.15) is 0 Å². The number of hydrogen-bond acceptors (Lipinski definition) is 2. The maximum atomic E-state index is 6.34. The lowest BCUT2D eigenvalue weighted by Gasteiger charge is -2.22. The average Bonchev–Trinajstić information content (AvgIpc) is 3.29. The molecule has 2 heterocycles. The largest absolute Gasteiger partial charge is 0.489 e. The molecule has 194 valence electrons. The minimum absolute atomic E-state index is 0.165. The van der Waals surface area contributed by atoms with Crippen molar-refractivity contribution in [3.63, 3.8) is 0 Å². The fourth-order valence-electron chi connectivity index (χ4n) is 5.78. The van der Waals surface area contributed by atoms with E-state index in [1.54, 1.807) is 0 Å². The van der Waals surface area contributed by atoms with Crippen molar-refractivity contribution in [1.82, 2.24) is 9.88 Å². The molecule has 3 nitrogen and oxygen atoms in total. The molecular weight excluding hydrogens is 464 g/mol. The summed E-state index contributed by atoms with van der Waals surface area (Å²) in [7, 11) is 0. The Morgan fingerprint density at radius 1 is 0.816 bits per heavy atom. The van der Waals surface area contributed by atoms with Gasteiger partial charge in [-0.1, -0.05) is 81.4 Å². The van der Waals surface area contributed by atoms with Gasteiger partial charge in [0.05, 0.1) is 5.52 Å². The molecule has 0 atom stereocenters. The van der Waals surface area contributed by atoms with Gasteiger partial charge in [-0.3, -0.25) is 0 Å². The molecule has 1 N–H and O–H groups in total. The highest BCUT2D eigenvalue weighted by Gasteiger charge is 2.21. The van der Waals surface area contributed by atoms with Gasteiger partial charge in [0, 0.05) is 24.2 Å². The maximum Gasteiger partial charge on any atom is 0.121 e. The van der Waals surface area contributed by atoms with Crippen molar-refractivity contribution in [2.24, 2.45) is 0 Å². The molecule has 3 heteroatoms. The first-order valence-corrected chi connectivity index (χ1v) is 14.0. The number of nitrogens with zero attached hydrogens (tertiary/aromatic N) is 1. The maximum absolute atomic E-state index is 6.34. The Morgan fingerprint density at radius 3 is 2.32 bits per heavy atom. The summed E-state index contributed by atoms with van der Waals surface area (Å²) in [6.07, 6.45) is 4.80. The Bertz CT molecular complexity index is 1550. The van der Waals surface area contributed by atoms with Crippen LogP contribution in [0.3, 0.4) is 0 Å². The monoisotopic (exact) mass is 502 g/mol. The summed E-state index contributed by atoms with van der Waals surface area (Å²) in [5, 5.41) is 7.40. The van der Waals surface area contributed by atoms with Crippen LogP contribution in [0.15, 0.2) is 91.1 Å². The fourth-order valence-corrected chi connectivity index (χ4v) is 5.78. The van der Waals surface area contributed by atoms with Gasteiger partial charge in [0.15, 0.2) is 0 Å². The van der Waals surface area contributed by atoms with Crippen molar-refractivity contribution in [2.45, 2.75) is 58.1 Å². The van der Waals surface area contributed by atoms with E-state index in [9.17, 15) is 0 Å². The third-order valence-electron chi connectivity index (χ3n) is 8.06. The lowest BCUT2D eigenvalue weighted by molar-refractivity contribution is 0.306. The molecule has 6 rings (SSSR count). The lowest BCUT2D eigenvalue weighted by atomic mass is 9.87. The second-order valence-electron chi connectivity index (χ2n) is 11.8. The molecule has 0 saturated carbocycles. The highest BCUT2D eigenvalue weighted by molar-refractivity contribution is 5.86. The molecule has 0 radical (unpaired) electrons. The summed E-state index contributed by atoms with van der Waals surface area (Å²) < 4.78 is 8.77. The zero-order valence-corrected chi connectivity index (χ0v) is 22.8. The molecule has 5 aromatic rings. The van der Waals surface area contributed by atoms with E-state index in [4.69, 9.17) is 4.74 Å². The van der Waals surface area contributed by atoms with Gasteiger partial charge < -0.3 is 14.6 Å². The summed E-state index contributed by atoms with van der Waals surface area (Å²) in [5.41, 5.74) is 6.79. The first kappa shape index (κ1) is 24.8. The van der Waals surface area contributed by atoms with E-state index in [1.807, 2.05) is 0 Å². The number of benzene rings is 4. The topological polar surface area (TPSA) is 26.2 Å². The van der Waals surface area contributed by atoms with Gasteiger partial charge in [-0.15, -0.1) is 0 Å². The zero-order chi connectivity index (χ0) is 26.1. The Hall–Kier alpha value is -3.56. The molecule has 1 aromatic heterocycles. The summed E-state index contributed by atoms with van der Waals surface area (Å²) in [6, 6.07) is 30.9. The van der Waals surface area contributed by atoms with Crippen LogP contribution in [0.1, 0.15) is 61.8 Å². The number of aromatic nitrogens is 1. The Balaban J connectivity index is 1.30. The molecule has 38 heavy (non-hydrogen) atoms. The van der Waals surface area contributed by atoms with Crippen molar-refractivity contribution in [2.75, 3.05) is 13.1 Å². The van der Waals surface area contributed by atoms with E-state index in [-0.39, 0.29) is 5.41 Å². The number of hydrogen-bond donors (Lipinski definition) is 1. The lowest BCUT2D eigenvalue weighted by Crippen LogP contribution is -2.26. The highest BCUT2D eigenvalue weighted by Crippen LogP contribution is 2.35. The van der Waals surface area contributed by atoms with Crippen molar-refractivity contribution < 1.29 is 4.74 Å². The molecule has 0 amide bonds. The summed E-state index contributed by atoms with van der Waals surface area (Å²) in [6.45, 7) is 10.4. The summed E-state index contributed by atoms with van der Waals surface area (Å²) >= 11 is 0. The van der Waals surface area contributed by atoms with Crippen molar-refractivity contribution in [3.05, 3.63) is 113 Å². The minimum atomic E-state index is 0.165. The Kier molecular flexibility index (Phi) is 6.71. The van der Waals surface area contributed by atoms with E-state index < -0.39 is 0 Å². The normalized spacial score (nSPS) is 14.8. The predicted octanol–water partition coefficient (Wildman–Crippen LogP) is 8.19. The first-order chi connectivity index (χ1) is 18.4. The van der Waals surface area contributed by atoms with Gasteiger partial charge in [-0.25, -0.2) is 0 Å². The molecular formula is C35H38N2O. The smallest absolute Gasteiger partial charge is 0.121 e. The highest BCUT2D eigenvalue weighted by atomic mass is 16.5. The molecule has 0 bridgehead atoms. The van der Waals surface area contributed by atoms with Gasteiger partial charge in [-0.05, 0) is 88.5 Å². The molecule has 4 aromatic carbocycles. The number of nitrogens with one attached hydrogen (secondary N) is 1. The van der Waals surface area contributed by atoms with Crippen LogP contribution in [0.25, 0.3) is 21.7 Å². The molecule has 1 aliphatic heterocycles. The average molecular weight is 503 g/mol. The van der Waals surface area contributed by atoms with Crippen LogP contribution >= 0.6 is 0 Å². The Labute approximate surface area is 226 Å². The minimum Gasteiger partial charge on any atom is -0.489 e. The van der Waals surface area contributed by atoms with Crippen molar-refractivity contribution in [1.29, 1.82) is 0 Å². The van der Waals surface area contributed by atoms with E-state index in [2.05, 4.69) is 122 Å². The number of ether oxygens (including phenoxy) is 1. The molecule has 1 fully saturated rings. The van der Waals surface area contributed by atoms with Gasteiger partial charge in [0.25, 0.3) is 0 Å². The standard InChI is InChI=1S/C35H38N2O/c1-35(2,3)30-12-9-25(10-13-30)22-37-23-33(28-16-18-36-19-17-28)32-15-14-31(21-34(32)37)38-24-26-8-11-27-6-4-5-7-29(27)20-26/h4-15,20-21,23,28,36H,16-19,22,24H2,1-3H3. The van der Waals surface area contributed by atoms with Crippen molar-refractivity contribution >= 4 is 21.7 Å². The van der Waals surface area contributed by atoms with Crippen molar-refractivity contribution in [3.8, 4) is 5.75 Å². The van der Waals surface area contributed by atoms with Crippen LogP contribution in [0.5, 0.6) is 5.75 Å². The molecule has 0 unspecified atom stereocenters. The van der Waals surface area contributed by atoms with Crippen LogP contribution in [-0.4, -0.2) is 17.7 Å². The van der Waals surface area contributed by atoms with Crippen LogP contribution in [0.4, 0.5) is 0 Å². The van der Waals surface area contributed by atoms with Gasteiger partial charge in [0.2, 0.25) is 0 Å². The first-order valence-electron chi connectivity index (χ1n) is 14.0. The number of rotatable bonds is 6. The van der Waals surface area contributed by atoms with Gasteiger partial charge in [0.1, 0.15) is 12.4 Å². The second-order valence-corrected chi connectivity index (χ2v) is 11.8. The van der Waals surface area contributed by atoms with Gasteiger partial charge >= 0.3 is 0 Å².